The number of hydrogen-bond acceptors (Lipinski definition) is 3. The van der Waals surface area contributed by atoms with E-state index in [0.717, 1.165) is 5.19 Å². The maximum Gasteiger partial charge on any atom is 0.506 e. The number of rotatable bonds is 10. The molecule has 0 radical (unpaired) electrons. The molecule has 0 amide bonds. The van der Waals surface area contributed by atoms with Gasteiger partial charge in [-0.15, -0.1) is 19.7 Å². The summed E-state index contributed by atoms with van der Waals surface area (Å²) in [4.78, 5) is 0. The van der Waals surface area contributed by atoms with E-state index in [1.165, 1.54) is 0 Å². The quantitative estimate of drug-likeness (QED) is 0.584. The summed E-state index contributed by atoms with van der Waals surface area (Å²) in [6, 6.07) is 10.1. The van der Waals surface area contributed by atoms with Crippen LogP contribution in [0.1, 0.15) is 0 Å². The van der Waals surface area contributed by atoms with Gasteiger partial charge in [0.25, 0.3) is 0 Å². The highest BCUT2D eigenvalue weighted by atomic mass is 28.5. The zero-order valence-electron chi connectivity index (χ0n) is 14.6. The van der Waals surface area contributed by atoms with Crippen LogP contribution in [0.2, 0.25) is 26.2 Å². The van der Waals surface area contributed by atoms with Crippen LogP contribution in [0.25, 0.3) is 0 Å². The molecule has 0 bridgehead atoms. The molecule has 126 valence electrons. The molecule has 7 heteroatoms. The number of hydrogen-bond donors (Lipinski definition) is 0. The fourth-order valence-corrected chi connectivity index (χ4v) is 13.8. The van der Waals surface area contributed by atoms with Crippen LogP contribution in [0, 0.1) is 0 Å². The highest BCUT2D eigenvalue weighted by Gasteiger charge is 2.48. The standard InChI is InChI=1S/C16H28O3Si4/c1-8-20(4)17-23(18-21(5)9-2,19-22(6,7)10-3)16-14-12-11-13-15-16/h8-15,20-21H,1-3H2,4-7H3. The minimum Gasteiger partial charge on any atom is -0.412 e. The van der Waals surface area contributed by atoms with E-state index in [0.29, 0.717) is 0 Å². The van der Waals surface area contributed by atoms with Gasteiger partial charge in [-0.25, -0.2) is 0 Å². The first-order valence-electron chi connectivity index (χ1n) is 7.78. The Balaban J connectivity index is 3.39. The van der Waals surface area contributed by atoms with Crippen molar-refractivity contribution in [3.63, 3.8) is 0 Å². The summed E-state index contributed by atoms with van der Waals surface area (Å²) in [6.07, 6.45) is 0. The van der Waals surface area contributed by atoms with Crippen molar-refractivity contribution in [2.75, 3.05) is 0 Å². The number of benzene rings is 1. The minimum atomic E-state index is -3.02. The van der Waals surface area contributed by atoms with Crippen molar-refractivity contribution in [1.29, 1.82) is 0 Å². The van der Waals surface area contributed by atoms with Gasteiger partial charge in [0.15, 0.2) is 18.1 Å². The molecule has 3 nitrogen and oxygen atoms in total. The smallest absolute Gasteiger partial charge is 0.412 e. The molecular weight excluding hydrogens is 353 g/mol. The Morgan fingerprint density at radius 3 is 1.78 bits per heavy atom. The fourth-order valence-electron chi connectivity index (χ4n) is 1.89. The molecule has 0 saturated heterocycles. The molecule has 0 spiro atoms. The van der Waals surface area contributed by atoms with Gasteiger partial charge >= 0.3 is 8.80 Å². The van der Waals surface area contributed by atoms with Gasteiger partial charge in [0.1, 0.15) is 0 Å². The average Bonchev–Trinajstić information content (AvgIpc) is 2.54. The first kappa shape index (κ1) is 20.2. The monoisotopic (exact) mass is 380 g/mol. The summed E-state index contributed by atoms with van der Waals surface area (Å²) < 4.78 is 19.5. The maximum atomic E-state index is 6.59. The van der Waals surface area contributed by atoms with Crippen molar-refractivity contribution in [3.8, 4) is 0 Å². The van der Waals surface area contributed by atoms with Crippen LogP contribution in [0.15, 0.2) is 67.2 Å². The molecule has 2 atom stereocenters. The summed E-state index contributed by atoms with van der Waals surface area (Å²) in [7, 11) is -8.32. The molecule has 2 unspecified atom stereocenters. The highest BCUT2D eigenvalue weighted by molar-refractivity contribution is 6.93. The Labute approximate surface area is 146 Å². The summed E-state index contributed by atoms with van der Waals surface area (Å²) in [5.74, 6) is 0. The first-order chi connectivity index (χ1) is 10.8. The minimum absolute atomic E-state index is 1.00. The van der Waals surface area contributed by atoms with E-state index in [-0.39, 0.29) is 0 Å². The third-order valence-corrected chi connectivity index (χ3v) is 15.3. The Bertz CT molecular complexity index is 517. The zero-order valence-corrected chi connectivity index (χ0v) is 18.9. The van der Waals surface area contributed by atoms with E-state index >= 15 is 0 Å². The second kappa shape index (κ2) is 8.88. The Morgan fingerprint density at radius 1 is 0.913 bits per heavy atom. The second-order valence-electron chi connectivity index (χ2n) is 5.95. The van der Waals surface area contributed by atoms with Crippen LogP contribution < -0.4 is 5.19 Å². The normalized spacial score (nSPS) is 16.9. The van der Waals surface area contributed by atoms with E-state index in [4.69, 9.17) is 12.3 Å². The predicted molar refractivity (Wildman–Crippen MR) is 109 cm³/mol. The van der Waals surface area contributed by atoms with Crippen molar-refractivity contribution >= 4 is 40.4 Å². The van der Waals surface area contributed by atoms with Gasteiger partial charge in [0.2, 0.25) is 8.32 Å². The van der Waals surface area contributed by atoms with Crippen molar-refractivity contribution < 1.29 is 12.3 Å². The lowest BCUT2D eigenvalue weighted by Gasteiger charge is -2.38. The molecule has 0 saturated carbocycles. The van der Waals surface area contributed by atoms with Gasteiger partial charge in [0, 0.05) is 5.19 Å². The van der Waals surface area contributed by atoms with Crippen LogP contribution in [0.5, 0.6) is 0 Å². The van der Waals surface area contributed by atoms with E-state index in [2.05, 4.69) is 45.9 Å². The van der Waals surface area contributed by atoms with Crippen LogP contribution in [-0.4, -0.2) is 35.2 Å². The largest absolute Gasteiger partial charge is 0.506 e. The van der Waals surface area contributed by atoms with Gasteiger partial charge in [-0.2, -0.15) is 0 Å². The third kappa shape index (κ3) is 5.96. The van der Waals surface area contributed by atoms with Crippen molar-refractivity contribution in [1.82, 2.24) is 0 Å². The summed E-state index contributed by atoms with van der Waals surface area (Å²) >= 11 is 0. The molecule has 0 aliphatic carbocycles. The summed E-state index contributed by atoms with van der Waals surface area (Å²) in [5, 5.41) is 1.00. The Morgan fingerprint density at radius 2 is 1.39 bits per heavy atom. The van der Waals surface area contributed by atoms with Crippen LogP contribution in [0.3, 0.4) is 0 Å². The topological polar surface area (TPSA) is 27.7 Å². The summed E-state index contributed by atoms with van der Waals surface area (Å²) in [6.45, 7) is 20.1. The van der Waals surface area contributed by atoms with E-state index < -0.39 is 35.2 Å². The Kier molecular flexibility index (Phi) is 7.81. The molecule has 0 aromatic heterocycles. The maximum absolute atomic E-state index is 6.59. The molecule has 1 aromatic carbocycles. The predicted octanol–water partition coefficient (Wildman–Crippen LogP) is 2.97. The van der Waals surface area contributed by atoms with Crippen LogP contribution in [-0.2, 0) is 12.3 Å². The molecule has 0 N–H and O–H groups in total. The third-order valence-electron chi connectivity index (χ3n) is 3.36. The van der Waals surface area contributed by atoms with Crippen molar-refractivity contribution in [3.05, 3.63) is 67.2 Å². The van der Waals surface area contributed by atoms with E-state index in [1.807, 2.05) is 47.4 Å². The van der Waals surface area contributed by atoms with Crippen LogP contribution in [0.4, 0.5) is 0 Å². The van der Waals surface area contributed by atoms with E-state index in [9.17, 15) is 0 Å². The van der Waals surface area contributed by atoms with Gasteiger partial charge < -0.3 is 12.3 Å². The lowest BCUT2D eigenvalue weighted by molar-refractivity contribution is 0.288. The first-order valence-corrected chi connectivity index (χ1v) is 17.1. The molecular formula is C16H28O3Si4. The van der Waals surface area contributed by atoms with Gasteiger partial charge in [-0.3, -0.25) is 0 Å². The molecule has 0 fully saturated rings. The van der Waals surface area contributed by atoms with Gasteiger partial charge in [-0.1, -0.05) is 47.4 Å². The van der Waals surface area contributed by atoms with Crippen molar-refractivity contribution in [2.45, 2.75) is 26.2 Å². The molecule has 0 aliphatic rings. The molecule has 23 heavy (non-hydrogen) atoms. The second-order valence-corrected chi connectivity index (χ2v) is 17.7. The molecule has 0 aliphatic heterocycles. The average molecular weight is 381 g/mol. The molecule has 1 aromatic rings. The molecule has 0 heterocycles. The fraction of sp³-hybridized carbons (Fsp3) is 0.250. The van der Waals surface area contributed by atoms with Gasteiger partial charge in [0.05, 0.1) is 0 Å². The lowest BCUT2D eigenvalue weighted by atomic mass is 10.4. The lowest BCUT2D eigenvalue weighted by Crippen LogP contribution is -2.64. The van der Waals surface area contributed by atoms with E-state index in [1.54, 1.807) is 0 Å². The Hall–Kier alpha value is -0.812. The molecule has 1 rings (SSSR count). The van der Waals surface area contributed by atoms with Crippen LogP contribution >= 0.6 is 0 Å². The zero-order chi connectivity index (χ0) is 17.5. The van der Waals surface area contributed by atoms with Crippen molar-refractivity contribution in [2.24, 2.45) is 0 Å². The van der Waals surface area contributed by atoms with Gasteiger partial charge in [-0.05, 0) is 26.2 Å². The highest BCUT2D eigenvalue weighted by Crippen LogP contribution is 2.21. The summed E-state index contributed by atoms with van der Waals surface area (Å²) in [5.41, 5.74) is 5.73. The SMILES string of the molecule is C=C[SiH](C)O[Si](O[SiH](C)C=C)(O[Si](C)(C)C=C)c1ccccc1.